The maximum Gasteiger partial charge on any atom is 0.318 e. The Bertz CT molecular complexity index is 554. The molecule has 2 aromatic rings. The van der Waals surface area contributed by atoms with Crippen LogP contribution in [-0.2, 0) is 0 Å². The molecular formula is C13H17N5O. The van der Waals surface area contributed by atoms with E-state index in [4.69, 9.17) is 4.74 Å². The zero-order valence-corrected chi connectivity index (χ0v) is 11.1. The van der Waals surface area contributed by atoms with Crippen molar-refractivity contribution in [2.45, 2.75) is 25.8 Å². The van der Waals surface area contributed by atoms with Crippen molar-refractivity contribution in [3.63, 3.8) is 0 Å². The fraction of sp³-hybridized carbons (Fsp3) is 0.462. The second kappa shape index (κ2) is 4.87. The molecule has 100 valence electrons. The van der Waals surface area contributed by atoms with E-state index in [0.29, 0.717) is 12.1 Å². The standard InChI is InChI=1S/C13H17N5O/c1-9-8-12(16-13(15-9)19-2)18-7-3-4-11(18)10-5-6-14-17-10/h5-6,8,11H,3-4,7H2,1-2H3,(H,14,17). The Morgan fingerprint density at radius 2 is 2.32 bits per heavy atom. The minimum Gasteiger partial charge on any atom is -0.467 e. The van der Waals surface area contributed by atoms with E-state index in [1.54, 1.807) is 13.3 Å². The van der Waals surface area contributed by atoms with Crippen molar-refractivity contribution in [2.75, 3.05) is 18.6 Å². The molecule has 2 aromatic heterocycles. The van der Waals surface area contributed by atoms with Crippen molar-refractivity contribution < 1.29 is 4.74 Å². The van der Waals surface area contributed by atoms with Crippen LogP contribution in [0.15, 0.2) is 18.3 Å². The van der Waals surface area contributed by atoms with Gasteiger partial charge in [0.2, 0.25) is 0 Å². The van der Waals surface area contributed by atoms with Gasteiger partial charge in [-0.1, -0.05) is 0 Å². The summed E-state index contributed by atoms with van der Waals surface area (Å²) in [6.07, 6.45) is 4.04. The Kier molecular flexibility index (Phi) is 3.06. The highest BCUT2D eigenvalue weighted by Gasteiger charge is 2.28. The number of nitrogens with zero attached hydrogens (tertiary/aromatic N) is 4. The quantitative estimate of drug-likeness (QED) is 0.911. The van der Waals surface area contributed by atoms with Gasteiger partial charge in [-0.05, 0) is 25.8 Å². The van der Waals surface area contributed by atoms with E-state index >= 15 is 0 Å². The summed E-state index contributed by atoms with van der Waals surface area (Å²) in [7, 11) is 1.59. The highest BCUT2D eigenvalue weighted by Crippen LogP contribution is 2.34. The van der Waals surface area contributed by atoms with E-state index in [2.05, 4.69) is 25.1 Å². The van der Waals surface area contributed by atoms with Crippen molar-refractivity contribution in [2.24, 2.45) is 0 Å². The number of anilines is 1. The molecule has 6 heteroatoms. The molecule has 1 saturated heterocycles. The Balaban J connectivity index is 1.94. The van der Waals surface area contributed by atoms with Gasteiger partial charge < -0.3 is 9.64 Å². The van der Waals surface area contributed by atoms with Crippen molar-refractivity contribution >= 4 is 5.82 Å². The second-order valence-corrected chi connectivity index (χ2v) is 4.72. The van der Waals surface area contributed by atoms with E-state index in [1.807, 2.05) is 19.1 Å². The number of aromatic nitrogens is 4. The third-order valence-corrected chi connectivity index (χ3v) is 3.43. The van der Waals surface area contributed by atoms with Crippen LogP contribution in [0.5, 0.6) is 6.01 Å². The number of hydrogen-bond donors (Lipinski definition) is 1. The third-order valence-electron chi connectivity index (χ3n) is 3.43. The van der Waals surface area contributed by atoms with Gasteiger partial charge in [0.1, 0.15) is 5.82 Å². The van der Waals surface area contributed by atoms with Crippen LogP contribution in [0.25, 0.3) is 0 Å². The van der Waals surface area contributed by atoms with Gasteiger partial charge in [-0.3, -0.25) is 5.10 Å². The lowest BCUT2D eigenvalue weighted by Gasteiger charge is -2.25. The summed E-state index contributed by atoms with van der Waals surface area (Å²) in [5.74, 6) is 0.918. The number of nitrogens with one attached hydrogen (secondary N) is 1. The van der Waals surface area contributed by atoms with Crippen molar-refractivity contribution in [1.29, 1.82) is 0 Å². The van der Waals surface area contributed by atoms with E-state index in [-0.39, 0.29) is 0 Å². The van der Waals surface area contributed by atoms with Gasteiger partial charge in [0, 0.05) is 24.5 Å². The molecule has 1 aliphatic rings. The number of ether oxygens (including phenoxy) is 1. The van der Waals surface area contributed by atoms with Gasteiger partial charge >= 0.3 is 6.01 Å². The normalized spacial score (nSPS) is 18.8. The highest BCUT2D eigenvalue weighted by atomic mass is 16.5. The predicted octanol–water partition coefficient (Wildman–Crippen LogP) is 1.86. The molecule has 1 aliphatic heterocycles. The average molecular weight is 259 g/mol. The minimum absolute atomic E-state index is 0.307. The van der Waals surface area contributed by atoms with Crippen LogP contribution in [0.1, 0.15) is 30.3 Å². The number of methoxy groups -OCH3 is 1. The molecule has 1 unspecified atom stereocenters. The summed E-state index contributed by atoms with van der Waals surface area (Å²) in [6.45, 7) is 2.94. The van der Waals surface area contributed by atoms with Gasteiger partial charge in [-0.2, -0.15) is 10.1 Å². The maximum atomic E-state index is 5.15. The molecular weight excluding hydrogens is 242 g/mol. The SMILES string of the molecule is COc1nc(C)cc(N2CCCC2c2ccn[nH]2)n1. The van der Waals surface area contributed by atoms with Crippen LogP contribution in [0.2, 0.25) is 0 Å². The van der Waals surface area contributed by atoms with Crippen LogP contribution >= 0.6 is 0 Å². The molecule has 0 aromatic carbocycles. The highest BCUT2D eigenvalue weighted by molar-refractivity contribution is 5.44. The van der Waals surface area contributed by atoms with Gasteiger partial charge in [0.15, 0.2) is 0 Å². The largest absolute Gasteiger partial charge is 0.467 e. The number of hydrogen-bond acceptors (Lipinski definition) is 5. The fourth-order valence-electron chi connectivity index (χ4n) is 2.58. The first kappa shape index (κ1) is 12.0. The monoisotopic (exact) mass is 259 g/mol. The molecule has 0 saturated carbocycles. The zero-order valence-electron chi connectivity index (χ0n) is 11.1. The van der Waals surface area contributed by atoms with Crippen LogP contribution in [0.3, 0.4) is 0 Å². The number of aryl methyl sites for hydroxylation is 1. The molecule has 0 aliphatic carbocycles. The minimum atomic E-state index is 0.307. The first-order chi connectivity index (χ1) is 9.28. The van der Waals surface area contributed by atoms with E-state index in [9.17, 15) is 0 Å². The van der Waals surface area contributed by atoms with Gasteiger partial charge in [0.25, 0.3) is 0 Å². The molecule has 19 heavy (non-hydrogen) atoms. The molecule has 0 amide bonds. The van der Waals surface area contributed by atoms with Crippen LogP contribution in [0.4, 0.5) is 5.82 Å². The van der Waals surface area contributed by atoms with E-state index < -0.39 is 0 Å². The summed E-state index contributed by atoms with van der Waals surface area (Å²) in [5.41, 5.74) is 2.05. The lowest BCUT2D eigenvalue weighted by atomic mass is 10.1. The first-order valence-corrected chi connectivity index (χ1v) is 6.43. The summed E-state index contributed by atoms with van der Waals surface area (Å²) in [6, 6.07) is 4.75. The predicted molar refractivity (Wildman–Crippen MR) is 71.2 cm³/mol. The van der Waals surface area contributed by atoms with Gasteiger partial charge in [-0.15, -0.1) is 0 Å². The zero-order chi connectivity index (χ0) is 13.2. The molecule has 3 heterocycles. The summed E-state index contributed by atoms with van der Waals surface area (Å²) in [5, 5.41) is 7.09. The number of rotatable bonds is 3. The first-order valence-electron chi connectivity index (χ1n) is 6.43. The second-order valence-electron chi connectivity index (χ2n) is 4.72. The van der Waals surface area contributed by atoms with Crippen LogP contribution < -0.4 is 9.64 Å². The van der Waals surface area contributed by atoms with Crippen molar-refractivity contribution in [3.8, 4) is 6.01 Å². The molecule has 0 radical (unpaired) electrons. The molecule has 1 atom stereocenters. The van der Waals surface area contributed by atoms with Crippen molar-refractivity contribution in [1.82, 2.24) is 20.2 Å². The van der Waals surface area contributed by atoms with E-state index in [1.165, 1.54) is 0 Å². The molecule has 3 rings (SSSR count). The number of H-pyrrole nitrogens is 1. The lowest BCUT2D eigenvalue weighted by Crippen LogP contribution is -2.24. The molecule has 0 spiro atoms. The molecule has 1 N–H and O–H groups in total. The topological polar surface area (TPSA) is 66.9 Å². The summed E-state index contributed by atoms with van der Waals surface area (Å²) >= 11 is 0. The summed E-state index contributed by atoms with van der Waals surface area (Å²) < 4.78 is 5.15. The Hall–Kier alpha value is -2.11. The van der Waals surface area contributed by atoms with E-state index in [0.717, 1.165) is 36.6 Å². The molecule has 1 fully saturated rings. The Morgan fingerprint density at radius 1 is 1.42 bits per heavy atom. The summed E-state index contributed by atoms with van der Waals surface area (Å²) in [4.78, 5) is 11.0. The van der Waals surface area contributed by atoms with Crippen molar-refractivity contribution in [3.05, 3.63) is 29.7 Å². The fourth-order valence-corrected chi connectivity index (χ4v) is 2.58. The average Bonchev–Trinajstić information content (AvgIpc) is 3.08. The van der Waals surface area contributed by atoms with Gasteiger partial charge in [-0.25, -0.2) is 4.98 Å². The lowest BCUT2D eigenvalue weighted by molar-refractivity contribution is 0.378. The number of aromatic amines is 1. The third kappa shape index (κ3) is 2.25. The Morgan fingerprint density at radius 3 is 3.05 bits per heavy atom. The van der Waals surface area contributed by atoms with Crippen LogP contribution in [0, 0.1) is 6.92 Å². The van der Waals surface area contributed by atoms with Crippen LogP contribution in [-0.4, -0.2) is 33.8 Å². The van der Waals surface area contributed by atoms with Gasteiger partial charge in [0.05, 0.1) is 18.8 Å². The smallest absolute Gasteiger partial charge is 0.318 e. The Labute approximate surface area is 111 Å². The molecule has 0 bridgehead atoms. The maximum absolute atomic E-state index is 5.15. The molecule has 6 nitrogen and oxygen atoms in total.